The summed E-state index contributed by atoms with van der Waals surface area (Å²) in [6.07, 6.45) is 0. The van der Waals surface area contributed by atoms with Crippen LogP contribution in [0.3, 0.4) is 0 Å². The fraction of sp³-hybridized carbons (Fsp3) is 1.00. The van der Waals surface area contributed by atoms with E-state index in [1.54, 1.807) is 7.11 Å². The topological polar surface area (TPSA) is 27.7 Å². The summed E-state index contributed by atoms with van der Waals surface area (Å²) in [6.45, 7) is 5.38. The minimum atomic E-state index is 0. The maximum absolute atomic E-state index is 5.13. The molecule has 0 rings (SSSR count). The maximum Gasteiger partial charge on any atom is 1.00 e. The molecule has 0 aromatic carbocycles. The van der Waals surface area contributed by atoms with Crippen LogP contribution in [0, 0.1) is 0 Å². The largest absolute Gasteiger partial charge is 1.00 e. The summed E-state index contributed by atoms with van der Waals surface area (Å²) in [5, 5.41) is 0. The molecule has 0 atom stereocenters. The minimum absolute atomic E-state index is 0. The van der Waals surface area contributed by atoms with Crippen LogP contribution in [-0.2, 0) is 14.2 Å². The summed E-state index contributed by atoms with van der Waals surface area (Å²) < 4.78 is 15.0. The van der Waals surface area contributed by atoms with Crippen molar-refractivity contribution in [1.82, 2.24) is 0 Å². The fourth-order valence-electron chi connectivity index (χ4n) is 0.507. The van der Waals surface area contributed by atoms with Crippen molar-refractivity contribution in [1.29, 1.82) is 0 Å². The molecule has 0 spiro atoms. The van der Waals surface area contributed by atoms with Crippen molar-refractivity contribution in [3.8, 4) is 0 Å². The Hall–Kier alpha value is 0.880. The predicted octanol–water partition coefficient (Wildman–Crippen LogP) is -2.20. The van der Waals surface area contributed by atoms with Crippen LogP contribution in [0.2, 0.25) is 0 Å². The van der Waals surface area contributed by atoms with E-state index in [9.17, 15) is 0 Å². The van der Waals surface area contributed by atoms with Gasteiger partial charge in [-0.05, 0) is 6.92 Å². The SMILES string of the molecule is CCOCCOCCOC.[H-].[Na+]. The van der Waals surface area contributed by atoms with Crippen LogP contribution in [0.15, 0.2) is 0 Å². The molecular formula is C7H17NaO3. The van der Waals surface area contributed by atoms with E-state index in [1.165, 1.54) is 0 Å². The van der Waals surface area contributed by atoms with Gasteiger partial charge in [0.05, 0.1) is 26.4 Å². The van der Waals surface area contributed by atoms with Crippen molar-refractivity contribution < 1.29 is 45.2 Å². The van der Waals surface area contributed by atoms with Gasteiger partial charge >= 0.3 is 29.6 Å². The Morgan fingerprint density at radius 3 is 2.09 bits per heavy atom. The summed E-state index contributed by atoms with van der Waals surface area (Å²) in [5.74, 6) is 0. The molecule has 0 aliphatic carbocycles. The van der Waals surface area contributed by atoms with Crippen LogP contribution in [0.25, 0.3) is 0 Å². The Kier molecular flexibility index (Phi) is 17.6. The molecule has 0 bridgehead atoms. The van der Waals surface area contributed by atoms with Gasteiger partial charge in [-0.25, -0.2) is 0 Å². The van der Waals surface area contributed by atoms with Gasteiger partial charge in [-0.15, -0.1) is 0 Å². The third-order valence-corrected chi connectivity index (χ3v) is 1.01. The summed E-state index contributed by atoms with van der Waals surface area (Å²) in [7, 11) is 1.66. The van der Waals surface area contributed by atoms with Crippen LogP contribution >= 0.6 is 0 Å². The molecular weight excluding hydrogens is 155 g/mol. The number of methoxy groups -OCH3 is 1. The van der Waals surface area contributed by atoms with Crippen LogP contribution in [0.1, 0.15) is 8.35 Å². The first-order chi connectivity index (χ1) is 4.91. The Bertz CT molecular complexity index is 58.6. The molecule has 0 saturated heterocycles. The van der Waals surface area contributed by atoms with Crippen LogP contribution in [-0.4, -0.2) is 40.1 Å². The predicted molar refractivity (Wildman–Crippen MR) is 40.3 cm³/mol. The summed E-state index contributed by atoms with van der Waals surface area (Å²) >= 11 is 0. The number of rotatable bonds is 7. The second-order valence-corrected chi connectivity index (χ2v) is 1.80. The third kappa shape index (κ3) is 13.8. The zero-order chi connectivity index (χ0) is 7.66. The van der Waals surface area contributed by atoms with Crippen molar-refractivity contribution in [2.24, 2.45) is 0 Å². The number of ether oxygens (including phenoxy) is 3. The zero-order valence-electron chi connectivity index (χ0n) is 8.76. The maximum atomic E-state index is 5.13. The molecule has 0 radical (unpaired) electrons. The van der Waals surface area contributed by atoms with E-state index in [4.69, 9.17) is 14.2 Å². The van der Waals surface area contributed by atoms with E-state index in [0.29, 0.717) is 26.4 Å². The van der Waals surface area contributed by atoms with Crippen LogP contribution in [0.5, 0.6) is 0 Å². The fourth-order valence-corrected chi connectivity index (χ4v) is 0.507. The molecule has 0 heterocycles. The van der Waals surface area contributed by atoms with Crippen molar-refractivity contribution in [2.75, 3.05) is 40.1 Å². The second kappa shape index (κ2) is 13.5. The van der Waals surface area contributed by atoms with Gasteiger partial charge in [0.2, 0.25) is 0 Å². The average molecular weight is 172 g/mol. The quantitative estimate of drug-likeness (QED) is 0.322. The van der Waals surface area contributed by atoms with E-state index in [2.05, 4.69) is 0 Å². The average Bonchev–Trinajstić information content (AvgIpc) is 1.97. The molecule has 0 fully saturated rings. The Morgan fingerprint density at radius 1 is 1.00 bits per heavy atom. The van der Waals surface area contributed by atoms with Crippen molar-refractivity contribution in [3.63, 3.8) is 0 Å². The smallest absolute Gasteiger partial charge is 1.00 e. The molecule has 0 unspecified atom stereocenters. The molecule has 11 heavy (non-hydrogen) atoms. The standard InChI is InChI=1S/C7H16O3.Na.H/c1-3-9-6-7-10-5-4-8-2;;/h3-7H2,1-2H3;;/q;+1;-1. The number of hydrogen-bond donors (Lipinski definition) is 0. The van der Waals surface area contributed by atoms with Gasteiger partial charge in [-0.1, -0.05) is 0 Å². The summed E-state index contributed by atoms with van der Waals surface area (Å²) in [5.41, 5.74) is 0. The molecule has 4 heteroatoms. The number of hydrogen-bond acceptors (Lipinski definition) is 3. The molecule has 0 saturated carbocycles. The Balaban J connectivity index is -0.000000405. The van der Waals surface area contributed by atoms with Gasteiger partial charge in [0.25, 0.3) is 0 Å². The molecule has 0 aromatic rings. The van der Waals surface area contributed by atoms with Crippen molar-refractivity contribution >= 4 is 0 Å². The molecule has 3 nitrogen and oxygen atoms in total. The first-order valence-electron chi connectivity index (χ1n) is 3.56. The molecule has 0 aromatic heterocycles. The first kappa shape index (κ1) is 14.4. The van der Waals surface area contributed by atoms with E-state index in [1.807, 2.05) is 6.92 Å². The first-order valence-corrected chi connectivity index (χ1v) is 3.56. The van der Waals surface area contributed by atoms with Crippen molar-refractivity contribution in [2.45, 2.75) is 6.92 Å². The summed E-state index contributed by atoms with van der Waals surface area (Å²) in [4.78, 5) is 0. The Morgan fingerprint density at radius 2 is 1.55 bits per heavy atom. The van der Waals surface area contributed by atoms with Crippen molar-refractivity contribution in [3.05, 3.63) is 0 Å². The molecule has 0 aliphatic heterocycles. The summed E-state index contributed by atoms with van der Waals surface area (Å²) in [6, 6.07) is 0. The van der Waals surface area contributed by atoms with E-state index >= 15 is 0 Å². The van der Waals surface area contributed by atoms with Gasteiger partial charge in [-0.2, -0.15) is 0 Å². The van der Waals surface area contributed by atoms with E-state index in [0.717, 1.165) is 6.61 Å². The monoisotopic (exact) mass is 172 g/mol. The van der Waals surface area contributed by atoms with Gasteiger partial charge in [-0.3, -0.25) is 0 Å². The van der Waals surface area contributed by atoms with Gasteiger partial charge in [0.1, 0.15) is 0 Å². The molecule has 0 aliphatic rings. The molecule has 64 valence electrons. The van der Waals surface area contributed by atoms with Gasteiger partial charge < -0.3 is 15.6 Å². The normalized spacial score (nSPS) is 9.27. The van der Waals surface area contributed by atoms with Crippen LogP contribution < -0.4 is 29.6 Å². The van der Waals surface area contributed by atoms with Gasteiger partial charge in [0.15, 0.2) is 0 Å². The zero-order valence-corrected chi connectivity index (χ0v) is 9.76. The van der Waals surface area contributed by atoms with E-state index in [-0.39, 0.29) is 31.0 Å². The van der Waals surface area contributed by atoms with Crippen LogP contribution in [0.4, 0.5) is 0 Å². The minimum Gasteiger partial charge on any atom is -1.00 e. The van der Waals surface area contributed by atoms with E-state index < -0.39 is 0 Å². The second-order valence-electron chi connectivity index (χ2n) is 1.80. The third-order valence-electron chi connectivity index (χ3n) is 1.01. The van der Waals surface area contributed by atoms with Gasteiger partial charge in [0, 0.05) is 13.7 Å². The Labute approximate surface area is 92.2 Å². The molecule has 0 N–H and O–H groups in total. The molecule has 0 amide bonds.